The highest BCUT2D eigenvalue weighted by molar-refractivity contribution is 5.78. The first-order valence-corrected chi connectivity index (χ1v) is 6.58. The van der Waals surface area contributed by atoms with E-state index in [2.05, 4.69) is 22.2 Å². The summed E-state index contributed by atoms with van der Waals surface area (Å²) in [7, 11) is 2.10. The highest BCUT2D eigenvalue weighted by Crippen LogP contribution is 2.27. The van der Waals surface area contributed by atoms with Crippen LogP contribution in [0.25, 0.3) is 0 Å². The van der Waals surface area contributed by atoms with Gasteiger partial charge in [0, 0.05) is 38.8 Å². The summed E-state index contributed by atoms with van der Waals surface area (Å²) < 4.78 is 0. The molecule has 3 N–H and O–H groups in total. The second-order valence-corrected chi connectivity index (χ2v) is 5.37. The standard InChI is InChI=1S/C12H24N4O/c1-15-4-5-16(11(6-13)8-15)9-12(17)14-7-10-2-3-10/h10-11H,2-9,13H2,1H3,(H,14,17). The average molecular weight is 240 g/mol. The molecule has 2 rings (SSSR count). The van der Waals surface area contributed by atoms with E-state index in [0.29, 0.717) is 19.1 Å². The predicted molar refractivity (Wildman–Crippen MR) is 67.6 cm³/mol. The lowest BCUT2D eigenvalue weighted by Gasteiger charge is -2.39. The van der Waals surface area contributed by atoms with Crippen LogP contribution in [0, 0.1) is 5.92 Å². The van der Waals surface area contributed by atoms with Gasteiger partial charge < -0.3 is 16.0 Å². The molecule has 1 unspecified atom stereocenters. The van der Waals surface area contributed by atoms with Gasteiger partial charge in [0.15, 0.2) is 0 Å². The van der Waals surface area contributed by atoms with E-state index in [0.717, 1.165) is 32.1 Å². The number of nitrogens with two attached hydrogens (primary N) is 1. The molecule has 0 radical (unpaired) electrons. The quantitative estimate of drug-likeness (QED) is 0.653. The summed E-state index contributed by atoms with van der Waals surface area (Å²) in [5.74, 6) is 0.900. The van der Waals surface area contributed by atoms with Crippen molar-refractivity contribution in [2.24, 2.45) is 11.7 Å². The number of piperazine rings is 1. The van der Waals surface area contributed by atoms with Crippen molar-refractivity contribution in [2.75, 3.05) is 46.3 Å². The van der Waals surface area contributed by atoms with E-state index in [1.54, 1.807) is 0 Å². The smallest absolute Gasteiger partial charge is 0.234 e. The highest BCUT2D eigenvalue weighted by atomic mass is 16.2. The fourth-order valence-corrected chi connectivity index (χ4v) is 2.30. The second-order valence-electron chi connectivity index (χ2n) is 5.37. The molecule has 1 atom stereocenters. The largest absolute Gasteiger partial charge is 0.355 e. The molecule has 0 bridgehead atoms. The lowest BCUT2D eigenvalue weighted by molar-refractivity contribution is -0.123. The predicted octanol–water partition coefficient (Wildman–Crippen LogP) is -0.913. The minimum absolute atomic E-state index is 0.153. The lowest BCUT2D eigenvalue weighted by Crippen LogP contribution is -2.57. The molecule has 1 saturated carbocycles. The molecule has 0 aromatic rings. The number of nitrogens with zero attached hydrogens (tertiary/aromatic N) is 2. The van der Waals surface area contributed by atoms with Crippen molar-refractivity contribution < 1.29 is 4.79 Å². The van der Waals surface area contributed by atoms with Crippen LogP contribution in [0.1, 0.15) is 12.8 Å². The Balaban J connectivity index is 1.73. The number of hydrogen-bond donors (Lipinski definition) is 2. The van der Waals surface area contributed by atoms with Crippen LogP contribution in [0.15, 0.2) is 0 Å². The maximum Gasteiger partial charge on any atom is 0.234 e. The lowest BCUT2D eigenvalue weighted by atomic mass is 10.1. The average Bonchev–Trinajstić information content (AvgIpc) is 3.12. The van der Waals surface area contributed by atoms with Crippen molar-refractivity contribution in [3.63, 3.8) is 0 Å². The van der Waals surface area contributed by atoms with E-state index in [4.69, 9.17) is 5.73 Å². The summed E-state index contributed by atoms with van der Waals surface area (Å²) in [6.07, 6.45) is 2.56. The van der Waals surface area contributed by atoms with Crippen molar-refractivity contribution in [1.29, 1.82) is 0 Å². The fourth-order valence-electron chi connectivity index (χ4n) is 2.30. The molecule has 1 saturated heterocycles. The Bertz CT molecular complexity index is 267. The maximum absolute atomic E-state index is 11.8. The van der Waals surface area contributed by atoms with Crippen LogP contribution in [0.5, 0.6) is 0 Å². The van der Waals surface area contributed by atoms with Crippen LogP contribution in [0.3, 0.4) is 0 Å². The van der Waals surface area contributed by atoms with Crippen LogP contribution in [0.4, 0.5) is 0 Å². The van der Waals surface area contributed by atoms with Crippen LogP contribution in [0.2, 0.25) is 0 Å². The van der Waals surface area contributed by atoms with Gasteiger partial charge in [0.2, 0.25) is 5.91 Å². The van der Waals surface area contributed by atoms with Crippen molar-refractivity contribution in [3.8, 4) is 0 Å². The zero-order chi connectivity index (χ0) is 12.3. The van der Waals surface area contributed by atoms with Crippen molar-refractivity contribution in [1.82, 2.24) is 15.1 Å². The van der Waals surface area contributed by atoms with Gasteiger partial charge in [-0.1, -0.05) is 0 Å². The third-order valence-electron chi connectivity index (χ3n) is 3.71. The zero-order valence-electron chi connectivity index (χ0n) is 10.7. The monoisotopic (exact) mass is 240 g/mol. The topological polar surface area (TPSA) is 61.6 Å². The van der Waals surface area contributed by atoms with Gasteiger partial charge in [-0.2, -0.15) is 0 Å². The Morgan fingerprint density at radius 2 is 2.18 bits per heavy atom. The summed E-state index contributed by atoms with van der Waals surface area (Å²) in [6, 6.07) is 0.320. The number of rotatable bonds is 5. The Hall–Kier alpha value is -0.650. The molecular formula is C12H24N4O. The molecule has 0 aromatic heterocycles. The third-order valence-corrected chi connectivity index (χ3v) is 3.71. The van der Waals surface area contributed by atoms with Gasteiger partial charge in [-0.05, 0) is 25.8 Å². The Labute approximate surface area is 103 Å². The summed E-state index contributed by atoms with van der Waals surface area (Å²) >= 11 is 0. The SMILES string of the molecule is CN1CCN(CC(=O)NCC2CC2)C(CN)C1. The van der Waals surface area contributed by atoms with Gasteiger partial charge in [-0.25, -0.2) is 0 Å². The molecular weight excluding hydrogens is 216 g/mol. The van der Waals surface area contributed by atoms with E-state index in [1.807, 2.05) is 0 Å². The molecule has 17 heavy (non-hydrogen) atoms. The molecule has 1 heterocycles. The first-order chi connectivity index (χ1) is 8.19. The van der Waals surface area contributed by atoms with Gasteiger partial charge in [0.05, 0.1) is 6.54 Å². The Morgan fingerprint density at radius 3 is 2.82 bits per heavy atom. The van der Waals surface area contributed by atoms with Crippen molar-refractivity contribution in [3.05, 3.63) is 0 Å². The summed E-state index contributed by atoms with van der Waals surface area (Å²) in [5, 5.41) is 3.01. The number of hydrogen-bond acceptors (Lipinski definition) is 4. The van der Waals surface area contributed by atoms with Gasteiger partial charge in [0.25, 0.3) is 0 Å². The highest BCUT2D eigenvalue weighted by Gasteiger charge is 2.26. The number of carbonyl (C=O) groups excluding carboxylic acids is 1. The Kier molecular flexibility index (Phi) is 4.36. The molecule has 0 spiro atoms. The number of amides is 1. The van der Waals surface area contributed by atoms with Gasteiger partial charge in [0.1, 0.15) is 0 Å². The summed E-state index contributed by atoms with van der Waals surface area (Å²) in [5.41, 5.74) is 5.76. The van der Waals surface area contributed by atoms with Gasteiger partial charge in [-0.15, -0.1) is 0 Å². The maximum atomic E-state index is 11.8. The van der Waals surface area contributed by atoms with E-state index in [1.165, 1.54) is 12.8 Å². The van der Waals surface area contributed by atoms with Crippen LogP contribution in [-0.4, -0.2) is 68.1 Å². The number of likely N-dealkylation sites (N-methyl/N-ethyl adjacent to an activating group) is 1. The molecule has 2 fully saturated rings. The zero-order valence-corrected chi connectivity index (χ0v) is 10.7. The fraction of sp³-hybridized carbons (Fsp3) is 0.917. The first-order valence-electron chi connectivity index (χ1n) is 6.58. The minimum atomic E-state index is 0.153. The van der Waals surface area contributed by atoms with Crippen LogP contribution < -0.4 is 11.1 Å². The molecule has 98 valence electrons. The van der Waals surface area contributed by atoms with E-state index >= 15 is 0 Å². The van der Waals surface area contributed by atoms with Gasteiger partial charge >= 0.3 is 0 Å². The van der Waals surface area contributed by atoms with E-state index in [-0.39, 0.29) is 5.91 Å². The normalized spacial score (nSPS) is 27.1. The summed E-state index contributed by atoms with van der Waals surface area (Å²) in [4.78, 5) is 16.3. The van der Waals surface area contributed by atoms with Crippen LogP contribution in [-0.2, 0) is 4.79 Å². The number of nitrogens with one attached hydrogen (secondary N) is 1. The van der Waals surface area contributed by atoms with E-state index in [9.17, 15) is 4.79 Å². The van der Waals surface area contributed by atoms with Gasteiger partial charge in [-0.3, -0.25) is 9.69 Å². The Morgan fingerprint density at radius 1 is 1.41 bits per heavy atom. The molecule has 5 nitrogen and oxygen atoms in total. The second kappa shape index (κ2) is 5.80. The third kappa shape index (κ3) is 3.94. The molecule has 0 aromatic carbocycles. The molecule has 5 heteroatoms. The van der Waals surface area contributed by atoms with Crippen LogP contribution >= 0.6 is 0 Å². The molecule has 2 aliphatic rings. The van der Waals surface area contributed by atoms with E-state index < -0.39 is 0 Å². The van der Waals surface area contributed by atoms with Crippen molar-refractivity contribution >= 4 is 5.91 Å². The minimum Gasteiger partial charge on any atom is -0.355 e. The molecule has 1 amide bonds. The van der Waals surface area contributed by atoms with Crippen molar-refractivity contribution in [2.45, 2.75) is 18.9 Å². The summed E-state index contributed by atoms with van der Waals surface area (Å²) in [6.45, 7) is 4.91. The first kappa shape index (κ1) is 12.8. The molecule has 1 aliphatic heterocycles. The molecule has 1 aliphatic carbocycles. The number of carbonyl (C=O) groups is 1.